The van der Waals surface area contributed by atoms with Crippen LogP contribution in [0.15, 0.2) is 65.6 Å². The molecule has 38 heavy (non-hydrogen) atoms. The van der Waals surface area contributed by atoms with E-state index in [2.05, 4.69) is 4.90 Å². The Kier molecular flexibility index (Phi) is 8.60. The van der Waals surface area contributed by atoms with Gasteiger partial charge in [-0.1, -0.05) is 41.4 Å². The lowest BCUT2D eigenvalue weighted by molar-refractivity contribution is -0.129. The van der Waals surface area contributed by atoms with Crippen LogP contribution in [0.3, 0.4) is 0 Å². The average Bonchev–Trinajstić information content (AvgIpc) is 2.91. The van der Waals surface area contributed by atoms with E-state index in [0.717, 1.165) is 21.3 Å². The summed E-state index contributed by atoms with van der Waals surface area (Å²) in [6, 6.07) is 17.0. The van der Waals surface area contributed by atoms with Gasteiger partial charge >= 0.3 is 0 Å². The number of methoxy groups -OCH3 is 2. The Balaban J connectivity index is 1.62. The number of aryl methyl sites for hydroxylation is 1. The number of benzene rings is 3. The van der Waals surface area contributed by atoms with E-state index in [1.807, 2.05) is 24.3 Å². The Morgan fingerprint density at radius 1 is 0.895 bits per heavy atom. The van der Waals surface area contributed by atoms with E-state index in [9.17, 15) is 13.2 Å². The third-order valence-corrected chi connectivity index (χ3v) is 8.59. The normalized spacial score (nSPS) is 13.8. The fourth-order valence-corrected chi connectivity index (χ4v) is 6.57. The monoisotopic (exact) mass is 577 g/mol. The quantitative estimate of drug-likeness (QED) is 0.380. The molecule has 0 aliphatic carbocycles. The molecule has 0 unspecified atom stereocenters. The topological polar surface area (TPSA) is 79.4 Å². The number of sulfonamides is 1. The number of hydrogen-bond acceptors (Lipinski definition) is 6. The van der Waals surface area contributed by atoms with Gasteiger partial charge in [-0.25, -0.2) is 8.42 Å². The SMILES string of the molecule is COc1ccccc1N1CCN(C(=O)CN(c2cc(Cl)cc(Cl)c2)S(=O)(=O)c2cc(C)ccc2OC)CC1. The van der Waals surface area contributed by atoms with Crippen LogP contribution in [0.25, 0.3) is 0 Å². The molecular formula is C27H29Cl2N3O5S. The first-order chi connectivity index (χ1) is 18.1. The summed E-state index contributed by atoms with van der Waals surface area (Å²) in [6.45, 7) is 3.36. The molecule has 1 aliphatic rings. The number of anilines is 2. The highest BCUT2D eigenvalue weighted by Crippen LogP contribution is 2.34. The van der Waals surface area contributed by atoms with E-state index in [4.69, 9.17) is 32.7 Å². The first-order valence-corrected chi connectivity index (χ1v) is 14.1. The van der Waals surface area contributed by atoms with Crippen LogP contribution in [0.1, 0.15) is 5.56 Å². The number of carbonyl (C=O) groups is 1. The van der Waals surface area contributed by atoms with Gasteiger partial charge in [-0.3, -0.25) is 9.10 Å². The molecule has 1 saturated heterocycles. The lowest BCUT2D eigenvalue weighted by atomic mass is 10.2. The third kappa shape index (κ3) is 5.95. The minimum atomic E-state index is -4.23. The number of hydrogen-bond donors (Lipinski definition) is 0. The zero-order chi connectivity index (χ0) is 27.4. The zero-order valence-corrected chi connectivity index (χ0v) is 23.7. The molecule has 202 valence electrons. The summed E-state index contributed by atoms with van der Waals surface area (Å²) in [4.78, 5) is 17.3. The summed E-state index contributed by atoms with van der Waals surface area (Å²) >= 11 is 12.4. The molecule has 4 rings (SSSR count). The number of carbonyl (C=O) groups excluding carboxylic acids is 1. The zero-order valence-electron chi connectivity index (χ0n) is 21.4. The fraction of sp³-hybridized carbons (Fsp3) is 0.296. The molecule has 1 amide bonds. The maximum Gasteiger partial charge on any atom is 0.268 e. The Morgan fingerprint density at radius 3 is 2.16 bits per heavy atom. The summed E-state index contributed by atoms with van der Waals surface area (Å²) in [5.74, 6) is 0.594. The van der Waals surface area contributed by atoms with E-state index in [-0.39, 0.29) is 32.3 Å². The van der Waals surface area contributed by atoms with Gasteiger partial charge in [0, 0.05) is 36.2 Å². The first kappa shape index (κ1) is 27.9. The van der Waals surface area contributed by atoms with Gasteiger partial charge < -0.3 is 19.3 Å². The van der Waals surface area contributed by atoms with Crippen molar-refractivity contribution in [1.29, 1.82) is 0 Å². The minimum absolute atomic E-state index is 0.0510. The van der Waals surface area contributed by atoms with E-state index in [1.54, 1.807) is 31.1 Å². The smallest absolute Gasteiger partial charge is 0.268 e. The van der Waals surface area contributed by atoms with Crippen molar-refractivity contribution < 1.29 is 22.7 Å². The molecule has 0 atom stereocenters. The molecule has 1 fully saturated rings. The maximum atomic E-state index is 14.0. The summed E-state index contributed by atoms with van der Waals surface area (Å²) < 4.78 is 39.8. The Hall–Kier alpha value is -3.14. The molecule has 0 N–H and O–H groups in total. The van der Waals surface area contributed by atoms with Gasteiger partial charge in [0.05, 0.1) is 25.6 Å². The van der Waals surface area contributed by atoms with E-state index < -0.39 is 16.6 Å². The predicted octanol–water partition coefficient (Wildman–Crippen LogP) is 4.86. The van der Waals surface area contributed by atoms with Crippen molar-refractivity contribution in [2.24, 2.45) is 0 Å². The van der Waals surface area contributed by atoms with Gasteiger partial charge in [0.1, 0.15) is 22.9 Å². The number of rotatable bonds is 8. The number of nitrogens with zero attached hydrogens (tertiary/aromatic N) is 3. The van der Waals surface area contributed by atoms with E-state index >= 15 is 0 Å². The van der Waals surface area contributed by atoms with Crippen molar-refractivity contribution in [3.63, 3.8) is 0 Å². The van der Waals surface area contributed by atoms with Crippen LogP contribution in [-0.4, -0.2) is 66.2 Å². The van der Waals surface area contributed by atoms with Crippen molar-refractivity contribution in [2.45, 2.75) is 11.8 Å². The highest BCUT2D eigenvalue weighted by molar-refractivity contribution is 7.93. The molecule has 0 radical (unpaired) electrons. The van der Waals surface area contributed by atoms with Crippen LogP contribution in [0.2, 0.25) is 10.0 Å². The highest BCUT2D eigenvalue weighted by Gasteiger charge is 2.33. The van der Waals surface area contributed by atoms with Crippen molar-refractivity contribution in [3.8, 4) is 11.5 Å². The molecule has 1 aliphatic heterocycles. The maximum absolute atomic E-state index is 14.0. The van der Waals surface area contributed by atoms with Crippen molar-refractivity contribution >= 4 is 50.5 Å². The molecule has 0 spiro atoms. The average molecular weight is 579 g/mol. The van der Waals surface area contributed by atoms with Crippen molar-refractivity contribution in [3.05, 3.63) is 76.3 Å². The Morgan fingerprint density at radius 2 is 1.53 bits per heavy atom. The third-order valence-electron chi connectivity index (χ3n) is 6.36. The molecule has 11 heteroatoms. The van der Waals surface area contributed by atoms with Gasteiger partial charge in [0.25, 0.3) is 10.0 Å². The number of ether oxygens (including phenoxy) is 2. The Labute approximate surface area is 233 Å². The lowest BCUT2D eigenvalue weighted by Crippen LogP contribution is -2.52. The minimum Gasteiger partial charge on any atom is -0.495 e. The summed E-state index contributed by atoms with van der Waals surface area (Å²) in [7, 11) is -1.21. The van der Waals surface area contributed by atoms with E-state index in [0.29, 0.717) is 26.2 Å². The molecule has 1 heterocycles. The molecule has 8 nitrogen and oxygen atoms in total. The van der Waals surface area contributed by atoms with Gasteiger partial charge in [0.15, 0.2) is 0 Å². The number of para-hydroxylation sites is 2. The van der Waals surface area contributed by atoms with Gasteiger partial charge in [0.2, 0.25) is 5.91 Å². The highest BCUT2D eigenvalue weighted by atomic mass is 35.5. The second-order valence-electron chi connectivity index (χ2n) is 8.83. The number of amides is 1. The van der Waals surface area contributed by atoms with Crippen molar-refractivity contribution in [1.82, 2.24) is 4.90 Å². The predicted molar refractivity (Wildman–Crippen MR) is 151 cm³/mol. The first-order valence-electron chi connectivity index (χ1n) is 11.9. The molecule has 3 aromatic carbocycles. The van der Waals surface area contributed by atoms with Crippen LogP contribution < -0.4 is 18.7 Å². The number of piperazine rings is 1. The van der Waals surface area contributed by atoms with Gasteiger partial charge in [-0.2, -0.15) is 0 Å². The molecular weight excluding hydrogens is 549 g/mol. The largest absolute Gasteiger partial charge is 0.495 e. The van der Waals surface area contributed by atoms with Crippen LogP contribution in [-0.2, 0) is 14.8 Å². The molecule has 3 aromatic rings. The number of halogens is 2. The van der Waals surface area contributed by atoms with Crippen LogP contribution >= 0.6 is 23.2 Å². The second kappa shape index (κ2) is 11.7. The van der Waals surface area contributed by atoms with Crippen LogP contribution in [0.5, 0.6) is 11.5 Å². The molecule has 0 bridgehead atoms. The van der Waals surface area contributed by atoms with E-state index in [1.165, 1.54) is 31.4 Å². The fourth-order valence-electron chi connectivity index (χ4n) is 4.41. The molecule has 0 aromatic heterocycles. The summed E-state index contributed by atoms with van der Waals surface area (Å²) in [6.07, 6.45) is 0. The van der Waals surface area contributed by atoms with Gasteiger partial charge in [-0.15, -0.1) is 0 Å². The Bertz CT molecular complexity index is 1410. The molecule has 0 saturated carbocycles. The standard InChI is InChI=1S/C27H29Cl2N3O5S/c1-19-8-9-25(37-3)26(14-19)38(34,35)32(22-16-20(28)15-21(29)17-22)18-27(33)31-12-10-30(11-13-31)23-6-4-5-7-24(23)36-2/h4-9,14-17H,10-13,18H2,1-3H3. The summed E-state index contributed by atoms with van der Waals surface area (Å²) in [5.41, 5.74) is 1.87. The van der Waals surface area contributed by atoms with Crippen LogP contribution in [0, 0.1) is 6.92 Å². The second-order valence-corrected chi connectivity index (χ2v) is 11.5. The van der Waals surface area contributed by atoms with Gasteiger partial charge in [-0.05, 0) is 55.0 Å². The van der Waals surface area contributed by atoms with Crippen LogP contribution in [0.4, 0.5) is 11.4 Å². The summed E-state index contributed by atoms with van der Waals surface area (Å²) in [5, 5.41) is 0.503. The lowest BCUT2D eigenvalue weighted by Gasteiger charge is -2.37. The van der Waals surface area contributed by atoms with Crippen molar-refractivity contribution in [2.75, 3.05) is 56.1 Å².